The topological polar surface area (TPSA) is 112 Å². The van der Waals surface area contributed by atoms with Gasteiger partial charge in [-0.15, -0.1) is 0 Å². The van der Waals surface area contributed by atoms with Gasteiger partial charge in [-0.25, -0.2) is 9.80 Å². The summed E-state index contributed by atoms with van der Waals surface area (Å²) in [6.45, 7) is 3.71. The number of fused-ring (bicyclic) bond motifs is 1. The number of ether oxygens (including phenoxy) is 2. The molecule has 0 fully saturated rings. The van der Waals surface area contributed by atoms with E-state index in [1.165, 1.54) is 5.01 Å². The van der Waals surface area contributed by atoms with Crippen LogP contribution in [0.25, 0.3) is 0 Å². The number of rotatable bonds is 7. The molecule has 3 rings (SSSR count). The van der Waals surface area contributed by atoms with Gasteiger partial charge in [-0.1, -0.05) is 19.1 Å². The van der Waals surface area contributed by atoms with Gasteiger partial charge in [0.25, 0.3) is 5.91 Å². The molecule has 34 heavy (non-hydrogen) atoms. The average Bonchev–Trinajstić information content (AvgIpc) is 3.01. The third-order valence-electron chi connectivity index (χ3n) is 5.90. The maximum Gasteiger partial charge on any atom is 0.337 e. The molecule has 2 aromatic carbocycles. The summed E-state index contributed by atoms with van der Waals surface area (Å²) >= 11 is 0. The van der Waals surface area contributed by atoms with E-state index in [1.54, 1.807) is 45.5 Å². The van der Waals surface area contributed by atoms with Gasteiger partial charge >= 0.3 is 6.03 Å². The molecule has 0 radical (unpaired) electrons. The Morgan fingerprint density at radius 2 is 1.82 bits per heavy atom. The van der Waals surface area contributed by atoms with E-state index >= 15 is 0 Å². The SMILES string of the molecule is CC[C@H](CO)NC(=O)c1ccc(C2=NN(C(=O)NC)[C@H](C)Cc3cc(OC)c(OC)cc32)cc1. The Kier molecular flexibility index (Phi) is 8.12. The number of nitrogens with zero attached hydrogens (tertiary/aromatic N) is 2. The number of carbonyl (C=O) groups excluding carboxylic acids is 2. The number of carbonyl (C=O) groups is 2. The summed E-state index contributed by atoms with van der Waals surface area (Å²) in [5.74, 6) is 0.894. The van der Waals surface area contributed by atoms with E-state index in [0.29, 0.717) is 35.6 Å². The van der Waals surface area contributed by atoms with Crippen LogP contribution in [-0.2, 0) is 6.42 Å². The predicted octanol–water partition coefficient (Wildman–Crippen LogP) is 2.54. The third-order valence-corrected chi connectivity index (χ3v) is 5.90. The number of methoxy groups -OCH3 is 2. The largest absolute Gasteiger partial charge is 0.493 e. The van der Waals surface area contributed by atoms with Gasteiger partial charge in [-0.05, 0) is 49.6 Å². The molecular formula is C25H32N4O5. The molecule has 9 heteroatoms. The molecule has 1 aliphatic rings. The van der Waals surface area contributed by atoms with Crippen LogP contribution in [0.5, 0.6) is 11.5 Å². The van der Waals surface area contributed by atoms with Gasteiger partial charge in [0.1, 0.15) is 0 Å². The van der Waals surface area contributed by atoms with Crippen molar-refractivity contribution in [2.45, 2.75) is 38.8 Å². The summed E-state index contributed by atoms with van der Waals surface area (Å²) in [7, 11) is 4.72. The van der Waals surface area contributed by atoms with E-state index in [4.69, 9.17) is 14.6 Å². The smallest absolute Gasteiger partial charge is 0.337 e. The van der Waals surface area contributed by atoms with Crippen LogP contribution in [0.4, 0.5) is 4.79 Å². The van der Waals surface area contributed by atoms with Gasteiger partial charge in [0, 0.05) is 23.7 Å². The van der Waals surface area contributed by atoms with Crippen molar-refractivity contribution in [3.05, 3.63) is 58.7 Å². The zero-order chi connectivity index (χ0) is 24.8. The fourth-order valence-electron chi connectivity index (χ4n) is 3.87. The van der Waals surface area contributed by atoms with E-state index < -0.39 is 0 Å². The first-order chi connectivity index (χ1) is 16.4. The lowest BCUT2D eigenvalue weighted by Crippen LogP contribution is -2.41. The fraction of sp³-hybridized carbons (Fsp3) is 0.400. The van der Waals surface area contributed by atoms with Gasteiger partial charge in [-0.2, -0.15) is 5.10 Å². The second kappa shape index (κ2) is 11.0. The van der Waals surface area contributed by atoms with Crippen molar-refractivity contribution in [2.75, 3.05) is 27.9 Å². The minimum atomic E-state index is -0.317. The molecule has 0 unspecified atom stereocenters. The van der Waals surface area contributed by atoms with Crippen molar-refractivity contribution >= 4 is 17.6 Å². The van der Waals surface area contributed by atoms with Gasteiger partial charge in [0.15, 0.2) is 11.5 Å². The van der Waals surface area contributed by atoms with E-state index in [0.717, 1.165) is 16.7 Å². The average molecular weight is 469 g/mol. The first-order valence-electron chi connectivity index (χ1n) is 11.2. The van der Waals surface area contributed by atoms with Crippen LogP contribution >= 0.6 is 0 Å². The van der Waals surface area contributed by atoms with Crippen molar-refractivity contribution in [3.8, 4) is 11.5 Å². The number of nitrogens with one attached hydrogen (secondary N) is 2. The highest BCUT2D eigenvalue weighted by Crippen LogP contribution is 2.34. The zero-order valence-electron chi connectivity index (χ0n) is 20.2. The van der Waals surface area contributed by atoms with Crippen molar-refractivity contribution in [3.63, 3.8) is 0 Å². The molecule has 0 aromatic heterocycles. The lowest BCUT2D eigenvalue weighted by Gasteiger charge is -2.22. The van der Waals surface area contributed by atoms with Crippen LogP contribution < -0.4 is 20.1 Å². The van der Waals surface area contributed by atoms with E-state index in [9.17, 15) is 14.7 Å². The molecule has 0 aliphatic carbocycles. The molecule has 3 amide bonds. The summed E-state index contributed by atoms with van der Waals surface area (Å²) in [6, 6.07) is 9.96. The Balaban J connectivity index is 2.08. The van der Waals surface area contributed by atoms with Gasteiger partial charge in [0.2, 0.25) is 0 Å². The minimum absolute atomic E-state index is 0.118. The molecular weight excluding hydrogens is 436 g/mol. The Bertz CT molecular complexity index is 1060. The molecule has 182 valence electrons. The summed E-state index contributed by atoms with van der Waals surface area (Å²) in [5.41, 5.74) is 3.57. The lowest BCUT2D eigenvalue weighted by atomic mass is 9.93. The monoisotopic (exact) mass is 468 g/mol. The third kappa shape index (κ3) is 5.14. The number of urea groups is 1. The maximum atomic E-state index is 12.6. The molecule has 9 nitrogen and oxygen atoms in total. The van der Waals surface area contributed by atoms with Gasteiger partial charge in [-0.3, -0.25) is 4.79 Å². The summed E-state index contributed by atoms with van der Waals surface area (Å²) in [6.07, 6.45) is 1.20. The molecule has 1 aliphatic heterocycles. The van der Waals surface area contributed by atoms with Crippen molar-refractivity contribution in [1.29, 1.82) is 0 Å². The maximum absolute atomic E-state index is 12.6. The molecule has 0 saturated heterocycles. The second-order valence-electron chi connectivity index (χ2n) is 8.10. The Hall–Kier alpha value is -3.59. The normalized spacial score (nSPS) is 16.0. The molecule has 1 heterocycles. The van der Waals surface area contributed by atoms with E-state index in [1.807, 2.05) is 26.0 Å². The van der Waals surface area contributed by atoms with Crippen molar-refractivity contribution in [2.24, 2.45) is 5.10 Å². The Labute approximate surface area is 199 Å². The zero-order valence-corrected chi connectivity index (χ0v) is 20.2. The first kappa shape index (κ1) is 25.0. The highest BCUT2D eigenvalue weighted by atomic mass is 16.5. The summed E-state index contributed by atoms with van der Waals surface area (Å²) in [4.78, 5) is 25.1. The van der Waals surface area contributed by atoms with Crippen LogP contribution in [0.2, 0.25) is 0 Å². The van der Waals surface area contributed by atoms with Gasteiger partial charge < -0.3 is 25.2 Å². The van der Waals surface area contributed by atoms with Crippen LogP contribution in [-0.4, -0.2) is 67.7 Å². The molecule has 2 aromatic rings. The van der Waals surface area contributed by atoms with E-state index in [-0.39, 0.29) is 30.6 Å². The lowest BCUT2D eigenvalue weighted by molar-refractivity contribution is 0.0915. The molecule has 0 spiro atoms. The first-order valence-corrected chi connectivity index (χ1v) is 11.2. The second-order valence-corrected chi connectivity index (χ2v) is 8.10. The number of aliphatic hydroxyl groups excluding tert-OH is 1. The molecule has 3 N–H and O–H groups in total. The fourth-order valence-corrected chi connectivity index (χ4v) is 3.87. The number of hydrogen-bond acceptors (Lipinski definition) is 6. The van der Waals surface area contributed by atoms with Crippen molar-refractivity contribution < 1.29 is 24.2 Å². The molecule has 0 bridgehead atoms. The van der Waals surface area contributed by atoms with Crippen LogP contribution in [0.15, 0.2) is 41.5 Å². The Morgan fingerprint density at radius 1 is 1.18 bits per heavy atom. The highest BCUT2D eigenvalue weighted by molar-refractivity contribution is 6.15. The Morgan fingerprint density at radius 3 is 2.38 bits per heavy atom. The minimum Gasteiger partial charge on any atom is -0.493 e. The highest BCUT2D eigenvalue weighted by Gasteiger charge is 2.28. The number of aliphatic hydroxyl groups is 1. The van der Waals surface area contributed by atoms with Gasteiger partial charge in [0.05, 0.1) is 38.6 Å². The molecule has 2 atom stereocenters. The van der Waals surface area contributed by atoms with Crippen LogP contribution in [0.1, 0.15) is 47.3 Å². The predicted molar refractivity (Wildman–Crippen MR) is 130 cm³/mol. The van der Waals surface area contributed by atoms with E-state index in [2.05, 4.69) is 10.6 Å². The quantitative estimate of drug-likeness (QED) is 0.578. The van der Waals surface area contributed by atoms with Crippen LogP contribution in [0, 0.1) is 0 Å². The standard InChI is InChI=1S/C25H32N4O5/c1-6-19(14-30)27-24(31)17-9-7-16(8-10-17)23-20-13-22(34-5)21(33-4)12-18(20)11-15(2)29(28-23)25(32)26-3/h7-10,12-13,15,19,30H,6,11,14H2,1-5H3,(H,26,32)(H,27,31)/t15-,19-/m1/s1. The van der Waals surface area contributed by atoms with Crippen molar-refractivity contribution in [1.82, 2.24) is 15.6 Å². The number of hydrazone groups is 1. The summed E-state index contributed by atoms with van der Waals surface area (Å²) < 4.78 is 11.0. The number of benzene rings is 2. The molecule has 0 saturated carbocycles. The van der Waals surface area contributed by atoms with Crippen LogP contribution in [0.3, 0.4) is 0 Å². The number of amides is 3. The number of hydrogen-bond donors (Lipinski definition) is 3. The summed E-state index contributed by atoms with van der Waals surface area (Å²) in [5, 5.41) is 21.0.